The maximum absolute atomic E-state index is 12.5. The van der Waals surface area contributed by atoms with Gasteiger partial charge in [0, 0.05) is 24.4 Å². The zero-order chi connectivity index (χ0) is 19.2. The van der Waals surface area contributed by atoms with Crippen LogP contribution in [-0.2, 0) is 0 Å². The minimum absolute atomic E-state index is 0.000467. The van der Waals surface area contributed by atoms with Gasteiger partial charge in [0.2, 0.25) is 0 Å². The summed E-state index contributed by atoms with van der Waals surface area (Å²) in [7, 11) is 0. The quantitative estimate of drug-likeness (QED) is 0.680. The number of hydrogen-bond donors (Lipinski definition) is 3. The fourth-order valence-electron chi connectivity index (χ4n) is 3.20. The lowest BCUT2D eigenvalue weighted by Crippen LogP contribution is -2.46. The molecule has 1 saturated heterocycles. The van der Waals surface area contributed by atoms with Crippen LogP contribution in [0.2, 0.25) is 0 Å². The fourth-order valence-corrected chi connectivity index (χ4v) is 3.20. The van der Waals surface area contributed by atoms with Crippen LogP contribution in [-0.4, -0.2) is 41.3 Å². The summed E-state index contributed by atoms with van der Waals surface area (Å²) >= 11 is 0. The monoisotopic (exact) mass is 371 g/mol. The number of hydrazine groups is 1. The van der Waals surface area contributed by atoms with Gasteiger partial charge < -0.3 is 14.8 Å². The molecule has 0 radical (unpaired) electrons. The molecule has 0 spiro atoms. The Bertz CT molecular complexity index is 771. The summed E-state index contributed by atoms with van der Waals surface area (Å²) in [6, 6.07) is 6.00. The van der Waals surface area contributed by atoms with Crippen molar-refractivity contribution in [2.45, 2.75) is 38.9 Å². The summed E-state index contributed by atoms with van der Waals surface area (Å²) in [5, 5.41) is 2.98. The van der Waals surface area contributed by atoms with Crippen LogP contribution in [0.25, 0.3) is 0 Å². The fraction of sp³-hybridized carbons (Fsp3) is 0.421. The minimum atomic E-state index is -0.304. The molecular formula is C19H25N5O3. The lowest BCUT2D eigenvalue weighted by atomic mass is 9.91. The molecule has 0 aliphatic carbocycles. The van der Waals surface area contributed by atoms with E-state index < -0.39 is 0 Å². The van der Waals surface area contributed by atoms with Gasteiger partial charge >= 0.3 is 0 Å². The van der Waals surface area contributed by atoms with Gasteiger partial charge in [-0.3, -0.25) is 15.2 Å². The summed E-state index contributed by atoms with van der Waals surface area (Å²) in [6.07, 6.45) is 4.17. The van der Waals surface area contributed by atoms with Crippen molar-refractivity contribution in [1.29, 1.82) is 0 Å². The first kappa shape index (κ1) is 19.1. The minimum Gasteiger partial charge on any atom is -0.490 e. The van der Waals surface area contributed by atoms with E-state index in [1.165, 1.54) is 18.6 Å². The first-order valence-electron chi connectivity index (χ1n) is 9.11. The van der Waals surface area contributed by atoms with Gasteiger partial charge in [-0.25, -0.2) is 10.4 Å². The van der Waals surface area contributed by atoms with Crippen molar-refractivity contribution in [3.05, 3.63) is 48.0 Å². The summed E-state index contributed by atoms with van der Waals surface area (Å²) < 4.78 is 11.4. The van der Waals surface area contributed by atoms with Gasteiger partial charge in [0.1, 0.15) is 11.9 Å². The second-order valence-corrected chi connectivity index (χ2v) is 6.22. The average molecular weight is 371 g/mol. The number of amides is 1. The molecule has 1 aliphatic heterocycles. The number of aromatic nitrogens is 2. The van der Waals surface area contributed by atoms with Crippen LogP contribution in [0.4, 0.5) is 0 Å². The molecule has 2 aromatic rings. The van der Waals surface area contributed by atoms with Crippen LogP contribution in [0.1, 0.15) is 42.7 Å². The molecule has 27 heavy (non-hydrogen) atoms. The average Bonchev–Trinajstić information content (AvgIpc) is 3.04. The summed E-state index contributed by atoms with van der Waals surface area (Å²) in [5.74, 6) is 1.14. The van der Waals surface area contributed by atoms with E-state index >= 15 is 0 Å². The topological polar surface area (TPSA) is 97.4 Å². The van der Waals surface area contributed by atoms with Crippen LogP contribution in [0.5, 0.6) is 11.5 Å². The molecule has 8 heteroatoms. The SMILES string of the molecule is CCOc1ccc(C2C(C)NNC2NC(=O)c2cnccn2)cc1OCC. The molecule has 3 unspecified atom stereocenters. The Labute approximate surface area is 158 Å². The van der Waals surface area contributed by atoms with Gasteiger partial charge in [-0.2, -0.15) is 0 Å². The molecule has 144 valence electrons. The zero-order valence-electron chi connectivity index (χ0n) is 15.7. The van der Waals surface area contributed by atoms with E-state index in [2.05, 4.69) is 33.1 Å². The van der Waals surface area contributed by atoms with Gasteiger partial charge in [-0.05, 0) is 38.5 Å². The van der Waals surface area contributed by atoms with Gasteiger partial charge in [0.05, 0.1) is 19.4 Å². The van der Waals surface area contributed by atoms with Crippen molar-refractivity contribution in [3.63, 3.8) is 0 Å². The van der Waals surface area contributed by atoms with E-state index in [-0.39, 0.29) is 29.7 Å². The molecule has 3 rings (SSSR count). The highest BCUT2D eigenvalue weighted by molar-refractivity contribution is 5.92. The molecule has 0 saturated carbocycles. The number of carbonyl (C=O) groups is 1. The van der Waals surface area contributed by atoms with E-state index in [9.17, 15) is 4.79 Å². The van der Waals surface area contributed by atoms with Gasteiger partial charge in [-0.15, -0.1) is 0 Å². The largest absolute Gasteiger partial charge is 0.490 e. The Kier molecular flexibility index (Phi) is 6.20. The first-order chi connectivity index (χ1) is 13.1. The van der Waals surface area contributed by atoms with E-state index in [0.29, 0.717) is 19.0 Å². The number of nitrogens with one attached hydrogen (secondary N) is 3. The molecule has 1 aliphatic rings. The van der Waals surface area contributed by atoms with Crippen molar-refractivity contribution >= 4 is 5.91 Å². The normalized spacial score (nSPS) is 21.7. The first-order valence-corrected chi connectivity index (χ1v) is 9.11. The summed E-state index contributed by atoms with van der Waals surface area (Å²) in [4.78, 5) is 20.5. The van der Waals surface area contributed by atoms with Crippen LogP contribution in [0.15, 0.2) is 36.8 Å². The highest BCUT2D eigenvalue weighted by atomic mass is 16.5. The third-order valence-electron chi connectivity index (χ3n) is 4.40. The van der Waals surface area contributed by atoms with Crippen molar-refractivity contribution in [3.8, 4) is 11.5 Å². The van der Waals surface area contributed by atoms with Crippen molar-refractivity contribution in [2.75, 3.05) is 13.2 Å². The Balaban J connectivity index is 1.82. The molecule has 3 atom stereocenters. The molecule has 1 aromatic carbocycles. The lowest BCUT2D eigenvalue weighted by Gasteiger charge is -2.23. The van der Waals surface area contributed by atoms with E-state index in [0.717, 1.165) is 11.3 Å². The van der Waals surface area contributed by atoms with E-state index in [4.69, 9.17) is 9.47 Å². The Hall–Kier alpha value is -2.71. The molecule has 1 fully saturated rings. The smallest absolute Gasteiger partial charge is 0.272 e. The molecule has 8 nitrogen and oxygen atoms in total. The second-order valence-electron chi connectivity index (χ2n) is 6.22. The number of carbonyl (C=O) groups excluding carboxylic acids is 1. The summed E-state index contributed by atoms with van der Waals surface area (Å²) in [5.41, 5.74) is 7.65. The number of hydrogen-bond acceptors (Lipinski definition) is 7. The lowest BCUT2D eigenvalue weighted by molar-refractivity contribution is 0.0923. The third-order valence-corrected chi connectivity index (χ3v) is 4.40. The number of nitrogens with zero attached hydrogens (tertiary/aromatic N) is 2. The molecule has 0 bridgehead atoms. The Morgan fingerprint density at radius 2 is 1.93 bits per heavy atom. The van der Waals surface area contributed by atoms with Crippen molar-refractivity contribution in [1.82, 2.24) is 26.1 Å². The van der Waals surface area contributed by atoms with Crippen molar-refractivity contribution < 1.29 is 14.3 Å². The molecule has 1 aromatic heterocycles. The third kappa shape index (κ3) is 4.35. The predicted octanol–water partition coefficient (Wildman–Crippen LogP) is 1.61. The van der Waals surface area contributed by atoms with Gasteiger partial charge in [-0.1, -0.05) is 6.07 Å². The molecule has 3 N–H and O–H groups in total. The standard InChI is InChI=1S/C19H25N5O3/c1-4-26-15-7-6-13(10-16(15)27-5-2)17-12(3)23-24-18(17)22-19(25)14-11-20-8-9-21-14/h6-12,17-18,23-24H,4-5H2,1-3H3,(H,22,25). The molecular weight excluding hydrogens is 346 g/mol. The van der Waals surface area contributed by atoms with E-state index in [1.54, 1.807) is 0 Å². The molecule has 1 amide bonds. The van der Waals surface area contributed by atoms with E-state index in [1.807, 2.05) is 32.0 Å². The van der Waals surface area contributed by atoms with Crippen LogP contribution >= 0.6 is 0 Å². The highest BCUT2D eigenvalue weighted by Crippen LogP contribution is 2.34. The highest BCUT2D eigenvalue weighted by Gasteiger charge is 2.36. The van der Waals surface area contributed by atoms with Gasteiger partial charge in [0.25, 0.3) is 5.91 Å². The number of benzene rings is 1. The summed E-state index contributed by atoms with van der Waals surface area (Å²) in [6.45, 7) is 7.05. The second kappa shape index (κ2) is 8.79. The Morgan fingerprint density at radius 1 is 1.15 bits per heavy atom. The number of rotatable bonds is 7. The maximum atomic E-state index is 12.5. The predicted molar refractivity (Wildman–Crippen MR) is 101 cm³/mol. The van der Waals surface area contributed by atoms with Gasteiger partial charge in [0.15, 0.2) is 11.5 Å². The van der Waals surface area contributed by atoms with Crippen LogP contribution in [0, 0.1) is 0 Å². The van der Waals surface area contributed by atoms with Crippen molar-refractivity contribution in [2.24, 2.45) is 0 Å². The van der Waals surface area contributed by atoms with Crippen LogP contribution < -0.4 is 25.6 Å². The zero-order valence-corrected chi connectivity index (χ0v) is 15.7. The Morgan fingerprint density at radius 3 is 2.63 bits per heavy atom. The molecule has 2 heterocycles. The number of ether oxygens (including phenoxy) is 2. The van der Waals surface area contributed by atoms with Crippen LogP contribution in [0.3, 0.4) is 0 Å². The maximum Gasteiger partial charge on any atom is 0.272 e.